The van der Waals surface area contributed by atoms with Crippen LogP contribution in [0.4, 0.5) is 0 Å². The van der Waals surface area contributed by atoms with E-state index >= 15 is 0 Å². The molecular weight excluding hydrogens is 100 g/mol. The van der Waals surface area contributed by atoms with Crippen LogP contribution >= 0.6 is 0 Å². The predicted molar refractivity (Wildman–Crippen MR) is 33.8 cm³/mol. The zero-order valence-electron chi connectivity index (χ0n) is 6.31. The predicted octanol–water partition coefficient (Wildman–Crippen LogP) is 1.88. The van der Waals surface area contributed by atoms with Gasteiger partial charge in [-0.1, -0.05) is 6.92 Å². The normalized spacial score (nSPS) is 23.9. The molecule has 0 atom stereocenters. The maximum absolute atomic E-state index is 10.6. The first-order chi connectivity index (χ1) is 3.79. The SMILES string of the molecule is CC1CCC(=O)CC1.[H-]. The first-order valence-corrected chi connectivity index (χ1v) is 3.31. The molecular formula is C7H13O-. The van der Waals surface area contributed by atoms with Crippen LogP contribution in [0.1, 0.15) is 34.0 Å². The van der Waals surface area contributed by atoms with Gasteiger partial charge in [0.05, 0.1) is 0 Å². The molecule has 0 bridgehead atoms. The molecule has 1 aliphatic rings. The van der Waals surface area contributed by atoms with Gasteiger partial charge in [-0.15, -0.1) is 0 Å². The van der Waals surface area contributed by atoms with Gasteiger partial charge in [0.25, 0.3) is 0 Å². The molecule has 0 aromatic rings. The van der Waals surface area contributed by atoms with Crippen LogP contribution in [0.2, 0.25) is 0 Å². The Balaban J connectivity index is 0.000000640. The van der Waals surface area contributed by atoms with Crippen LogP contribution in [-0.2, 0) is 4.79 Å². The molecule has 1 rings (SSSR count). The lowest BCUT2D eigenvalue weighted by Gasteiger charge is -2.14. The number of hydrogen-bond acceptors (Lipinski definition) is 1. The number of Topliss-reactive ketones (excluding diaryl/α,β-unsaturated/α-hetero) is 1. The third kappa shape index (κ3) is 1.32. The van der Waals surface area contributed by atoms with Gasteiger partial charge >= 0.3 is 0 Å². The van der Waals surface area contributed by atoms with Crippen molar-refractivity contribution >= 4 is 5.78 Å². The summed E-state index contributed by atoms with van der Waals surface area (Å²) < 4.78 is 0. The highest BCUT2D eigenvalue weighted by atomic mass is 16.1. The van der Waals surface area contributed by atoms with Gasteiger partial charge in [0.15, 0.2) is 0 Å². The van der Waals surface area contributed by atoms with Crippen molar-refractivity contribution < 1.29 is 6.22 Å². The zero-order valence-corrected chi connectivity index (χ0v) is 5.31. The summed E-state index contributed by atoms with van der Waals surface area (Å²) in [5.41, 5.74) is 0. The van der Waals surface area contributed by atoms with Gasteiger partial charge in [-0.25, -0.2) is 0 Å². The monoisotopic (exact) mass is 113 g/mol. The van der Waals surface area contributed by atoms with Gasteiger partial charge in [0, 0.05) is 12.8 Å². The summed E-state index contributed by atoms with van der Waals surface area (Å²) in [7, 11) is 0. The molecule has 0 spiro atoms. The van der Waals surface area contributed by atoms with Crippen LogP contribution in [0.5, 0.6) is 0 Å². The molecule has 0 radical (unpaired) electrons. The van der Waals surface area contributed by atoms with Crippen molar-refractivity contribution in [2.24, 2.45) is 5.92 Å². The minimum Gasteiger partial charge on any atom is -1.00 e. The molecule has 0 N–H and O–H groups in total. The zero-order chi connectivity index (χ0) is 5.98. The van der Waals surface area contributed by atoms with Crippen LogP contribution in [-0.4, -0.2) is 5.78 Å². The average Bonchev–Trinajstić information content (AvgIpc) is 1.77. The molecule has 0 amide bonds. The number of ketones is 1. The average molecular weight is 113 g/mol. The Hall–Kier alpha value is -0.330. The van der Waals surface area contributed by atoms with Crippen LogP contribution in [0.3, 0.4) is 0 Å². The van der Waals surface area contributed by atoms with Gasteiger partial charge in [-0.2, -0.15) is 0 Å². The van der Waals surface area contributed by atoms with Crippen LogP contribution in [0, 0.1) is 5.92 Å². The van der Waals surface area contributed by atoms with Crippen LogP contribution < -0.4 is 0 Å². The molecule has 1 fully saturated rings. The summed E-state index contributed by atoms with van der Waals surface area (Å²) >= 11 is 0. The quantitative estimate of drug-likeness (QED) is 0.468. The minimum atomic E-state index is 0. The topological polar surface area (TPSA) is 17.1 Å². The van der Waals surface area contributed by atoms with Crippen molar-refractivity contribution in [3.05, 3.63) is 0 Å². The van der Waals surface area contributed by atoms with E-state index in [1.807, 2.05) is 0 Å². The Bertz CT molecular complexity index is 91.1. The van der Waals surface area contributed by atoms with E-state index in [2.05, 4.69) is 6.92 Å². The fourth-order valence-electron chi connectivity index (χ4n) is 1.08. The molecule has 0 heterocycles. The van der Waals surface area contributed by atoms with E-state index < -0.39 is 0 Å². The molecule has 1 nitrogen and oxygen atoms in total. The first kappa shape index (κ1) is 5.80. The maximum atomic E-state index is 10.6. The lowest BCUT2D eigenvalue weighted by Crippen LogP contribution is -2.10. The van der Waals surface area contributed by atoms with Gasteiger partial charge in [0.1, 0.15) is 5.78 Å². The molecule has 0 aromatic heterocycles. The highest BCUT2D eigenvalue weighted by Gasteiger charge is 2.13. The van der Waals surface area contributed by atoms with E-state index in [0.29, 0.717) is 5.78 Å². The van der Waals surface area contributed by atoms with Crippen molar-refractivity contribution in [3.8, 4) is 0 Å². The second-order valence-electron chi connectivity index (χ2n) is 2.72. The Morgan fingerprint density at radius 2 is 2.00 bits per heavy atom. The number of carbonyl (C=O) groups is 1. The first-order valence-electron chi connectivity index (χ1n) is 3.31. The standard InChI is InChI=1S/C7H12O.H/c1-6-2-4-7(8)5-3-6;/h6H,2-5H2,1H3;/q;-1. The number of carbonyl (C=O) groups excluding carboxylic acids is 1. The van der Waals surface area contributed by atoms with Crippen molar-refractivity contribution in [2.75, 3.05) is 0 Å². The van der Waals surface area contributed by atoms with E-state index in [0.717, 1.165) is 31.6 Å². The molecule has 1 heteroatoms. The molecule has 0 saturated heterocycles. The van der Waals surface area contributed by atoms with Crippen LogP contribution in [0.15, 0.2) is 0 Å². The van der Waals surface area contributed by atoms with E-state index in [-0.39, 0.29) is 1.43 Å². The fourth-order valence-corrected chi connectivity index (χ4v) is 1.08. The lowest BCUT2D eigenvalue weighted by atomic mass is 9.90. The third-order valence-corrected chi connectivity index (χ3v) is 1.83. The van der Waals surface area contributed by atoms with Crippen molar-refractivity contribution in [2.45, 2.75) is 32.6 Å². The number of rotatable bonds is 0. The molecule has 0 aromatic carbocycles. The molecule has 0 unspecified atom stereocenters. The van der Waals surface area contributed by atoms with Crippen molar-refractivity contribution in [1.29, 1.82) is 0 Å². The summed E-state index contributed by atoms with van der Waals surface area (Å²) in [5, 5.41) is 0. The molecule has 0 aliphatic heterocycles. The van der Waals surface area contributed by atoms with E-state index in [9.17, 15) is 4.79 Å². The maximum Gasteiger partial charge on any atom is 0.132 e. The number of hydrogen-bond donors (Lipinski definition) is 0. The van der Waals surface area contributed by atoms with E-state index in [4.69, 9.17) is 0 Å². The summed E-state index contributed by atoms with van der Waals surface area (Å²) in [6.45, 7) is 2.21. The van der Waals surface area contributed by atoms with Gasteiger partial charge in [-0.3, -0.25) is 4.79 Å². The molecule has 48 valence electrons. The van der Waals surface area contributed by atoms with Gasteiger partial charge in [0.2, 0.25) is 0 Å². The Labute approximate surface area is 51.6 Å². The Kier molecular flexibility index (Phi) is 1.66. The smallest absolute Gasteiger partial charge is 0.132 e. The van der Waals surface area contributed by atoms with E-state index in [1.165, 1.54) is 0 Å². The summed E-state index contributed by atoms with van der Waals surface area (Å²) in [4.78, 5) is 10.6. The molecule has 8 heavy (non-hydrogen) atoms. The highest BCUT2D eigenvalue weighted by molar-refractivity contribution is 5.78. The fraction of sp³-hybridized carbons (Fsp3) is 0.857. The van der Waals surface area contributed by atoms with Crippen molar-refractivity contribution in [1.82, 2.24) is 0 Å². The molecule has 1 aliphatic carbocycles. The van der Waals surface area contributed by atoms with Crippen molar-refractivity contribution in [3.63, 3.8) is 0 Å². The summed E-state index contributed by atoms with van der Waals surface area (Å²) in [6, 6.07) is 0. The molecule has 1 saturated carbocycles. The van der Waals surface area contributed by atoms with Gasteiger partial charge < -0.3 is 1.43 Å². The van der Waals surface area contributed by atoms with E-state index in [1.54, 1.807) is 0 Å². The van der Waals surface area contributed by atoms with Gasteiger partial charge in [-0.05, 0) is 18.8 Å². The largest absolute Gasteiger partial charge is 1.00 e. The Morgan fingerprint density at radius 1 is 1.50 bits per heavy atom. The van der Waals surface area contributed by atoms with Crippen LogP contribution in [0.25, 0.3) is 0 Å². The Morgan fingerprint density at radius 3 is 2.38 bits per heavy atom. The second-order valence-corrected chi connectivity index (χ2v) is 2.72. The third-order valence-electron chi connectivity index (χ3n) is 1.83. The second kappa shape index (κ2) is 2.29. The summed E-state index contributed by atoms with van der Waals surface area (Å²) in [6.07, 6.45) is 3.92. The summed E-state index contributed by atoms with van der Waals surface area (Å²) in [5.74, 6) is 1.26. The minimum absolute atomic E-state index is 0. The highest BCUT2D eigenvalue weighted by Crippen LogP contribution is 2.19. The lowest BCUT2D eigenvalue weighted by molar-refractivity contribution is -0.120.